The summed E-state index contributed by atoms with van der Waals surface area (Å²) in [7, 11) is 0. The average Bonchev–Trinajstić information content (AvgIpc) is 2.97. The third-order valence-corrected chi connectivity index (χ3v) is 4.29. The van der Waals surface area contributed by atoms with Gasteiger partial charge in [-0.1, -0.05) is 25.5 Å². The normalized spacial score (nSPS) is 11.7. The standard InChI is InChI=1S/C21H26N4O3/c1-5-8-14-9-6-11-16-18(14)23-17(25(16)20(27)28-21(2,3)4)13-24-12-7-10-15(22)19(24)26/h6-7,9-12H,5,8,13,22H2,1-4H3. The maximum atomic E-state index is 13.0. The first-order valence-corrected chi connectivity index (χ1v) is 9.38. The predicted molar refractivity (Wildman–Crippen MR) is 110 cm³/mol. The minimum atomic E-state index is -0.653. The molecule has 0 aliphatic carbocycles. The van der Waals surface area contributed by atoms with Crippen LogP contribution in [0, 0.1) is 0 Å². The van der Waals surface area contributed by atoms with Gasteiger partial charge >= 0.3 is 6.09 Å². The van der Waals surface area contributed by atoms with Gasteiger partial charge in [-0.3, -0.25) is 4.79 Å². The van der Waals surface area contributed by atoms with E-state index in [-0.39, 0.29) is 17.8 Å². The molecule has 148 valence electrons. The molecule has 2 heterocycles. The average molecular weight is 382 g/mol. The zero-order chi connectivity index (χ0) is 20.5. The van der Waals surface area contributed by atoms with E-state index in [1.54, 1.807) is 18.3 Å². The van der Waals surface area contributed by atoms with Crippen LogP contribution in [0.2, 0.25) is 0 Å². The van der Waals surface area contributed by atoms with Gasteiger partial charge in [-0.15, -0.1) is 0 Å². The highest BCUT2D eigenvalue weighted by Crippen LogP contribution is 2.23. The van der Waals surface area contributed by atoms with E-state index in [9.17, 15) is 9.59 Å². The Bertz CT molecular complexity index is 1070. The molecule has 3 rings (SSSR count). The lowest BCUT2D eigenvalue weighted by Gasteiger charge is -2.20. The fraction of sp³-hybridized carbons (Fsp3) is 0.381. The molecule has 0 saturated carbocycles. The summed E-state index contributed by atoms with van der Waals surface area (Å²) < 4.78 is 8.49. The number of para-hydroxylation sites is 1. The monoisotopic (exact) mass is 382 g/mol. The summed E-state index contributed by atoms with van der Waals surface area (Å²) in [4.78, 5) is 30.0. The number of hydrogen-bond donors (Lipinski definition) is 1. The van der Waals surface area contributed by atoms with Crippen LogP contribution in [0.4, 0.5) is 10.5 Å². The largest absolute Gasteiger partial charge is 0.443 e. The van der Waals surface area contributed by atoms with Crippen LogP contribution >= 0.6 is 0 Å². The molecule has 0 atom stereocenters. The fourth-order valence-corrected chi connectivity index (χ4v) is 3.13. The molecule has 0 unspecified atom stereocenters. The lowest BCUT2D eigenvalue weighted by molar-refractivity contribution is 0.0538. The van der Waals surface area contributed by atoms with Crippen LogP contribution in [0.15, 0.2) is 41.3 Å². The molecule has 0 fully saturated rings. The first-order valence-electron chi connectivity index (χ1n) is 9.38. The molecular weight excluding hydrogens is 356 g/mol. The number of nitrogen functional groups attached to an aromatic ring is 1. The van der Waals surface area contributed by atoms with E-state index in [1.165, 1.54) is 9.13 Å². The van der Waals surface area contributed by atoms with E-state index in [4.69, 9.17) is 15.5 Å². The molecule has 0 spiro atoms. The summed E-state index contributed by atoms with van der Waals surface area (Å²) in [5, 5.41) is 0. The maximum Gasteiger partial charge on any atom is 0.420 e. The minimum Gasteiger partial charge on any atom is -0.443 e. The van der Waals surface area contributed by atoms with E-state index in [0.717, 1.165) is 23.9 Å². The van der Waals surface area contributed by atoms with Crippen molar-refractivity contribution in [1.29, 1.82) is 0 Å². The van der Waals surface area contributed by atoms with Gasteiger partial charge in [-0.05, 0) is 51.0 Å². The molecule has 0 aliphatic rings. The number of nitrogens with zero attached hydrogens (tertiary/aromatic N) is 3. The van der Waals surface area contributed by atoms with Gasteiger partial charge in [0.2, 0.25) is 0 Å². The quantitative estimate of drug-likeness (QED) is 0.745. The highest BCUT2D eigenvalue weighted by atomic mass is 16.6. The first-order chi connectivity index (χ1) is 13.2. The van der Waals surface area contributed by atoms with Crippen LogP contribution in [0.1, 0.15) is 45.5 Å². The van der Waals surface area contributed by atoms with Crippen molar-refractivity contribution in [2.75, 3.05) is 5.73 Å². The molecule has 0 radical (unpaired) electrons. The molecule has 0 aliphatic heterocycles. The number of hydrogen-bond acceptors (Lipinski definition) is 5. The number of aromatic nitrogens is 3. The van der Waals surface area contributed by atoms with Gasteiger partial charge in [0.05, 0.1) is 23.3 Å². The minimum absolute atomic E-state index is 0.114. The van der Waals surface area contributed by atoms with Gasteiger partial charge in [0.1, 0.15) is 11.4 Å². The highest BCUT2D eigenvalue weighted by Gasteiger charge is 2.24. The Morgan fingerprint density at radius 3 is 2.64 bits per heavy atom. The van der Waals surface area contributed by atoms with Crippen molar-refractivity contribution in [3.8, 4) is 0 Å². The number of nitrogens with two attached hydrogens (primary N) is 1. The molecule has 2 aromatic heterocycles. The molecule has 0 amide bonds. The van der Waals surface area contributed by atoms with Crippen molar-refractivity contribution in [1.82, 2.24) is 14.1 Å². The van der Waals surface area contributed by atoms with E-state index in [0.29, 0.717) is 11.3 Å². The number of pyridine rings is 1. The number of anilines is 1. The first kappa shape index (κ1) is 19.7. The number of ether oxygens (including phenoxy) is 1. The Hall–Kier alpha value is -3.09. The summed E-state index contributed by atoms with van der Waals surface area (Å²) >= 11 is 0. The summed E-state index contributed by atoms with van der Waals surface area (Å²) in [6.45, 7) is 7.65. The number of benzene rings is 1. The lowest BCUT2D eigenvalue weighted by atomic mass is 10.1. The second-order valence-electron chi connectivity index (χ2n) is 7.78. The summed E-state index contributed by atoms with van der Waals surface area (Å²) in [5.74, 6) is 0.431. The van der Waals surface area contributed by atoms with Gasteiger partial charge in [0.25, 0.3) is 5.56 Å². The third-order valence-electron chi connectivity index (χ3n) is 4.29. The van der Waals surface area contributed by atoms with Crippen LogP contribution < -0.4 is 11.3 Å². The van der Waals surface area contributed by atoms with Crippen LogP contribution in [0.25, 0.3) is 11.0 Å². The van der Waals surface area contributed by atoms with Crippen molar-refractivity contribution in [3.63, 3.8) is 0 Å². The summed E-state index contributed by atoms with van der Waals surface area (Å²) in [5.41, 5.74) is 7.40. The second-order valence-corrected chi connectivity index (χ2v) is 7.78. The van der Waals surface area contributed by atoms with Crippen molar-refractivity contribution in [3.05, 3.63) is 58.3 Å². The van der Waals surface area contributed by atoms with E-state index >= 15 is 0 Å². The van der Waals surface area contributed by atoms with E-state index in [2.05, 4.69) is 6.92 Å². The number of aryl methyl sites for hydroxylation is 1. The number of imidazole rings is 1. The van der Waals surface area contributed by atoms with Crippen molar-refractivity contribution in [2.24, 2.45) is 0 Å². The van der Waals surface area contributed by atoms with Gasteiger partial charge in [0, 0.05) is 6.20 Å². The Balaban J connectivity index is 2.18. The van der Waals surface area contributed by atoms with Crippen LogP contribution in [0.5, 0.6) is 0 Å². The topological polar surface area (TPSA) is 92.1 Å². The molecule has 28 heavy (non-hydrogen) atoms. The number of rotatable bonds is 4. The molecule has 3 aromatic rings. The van der Waals surface area contributed by atoms with Gasteiger partial charge in [-0.25, -0.2) is 14.3 Å². The maximum absolute atomic E-state index is 13.0. The lowest BCUT2D eigenvalue weighted by Crippen LogP contribution is -2.29. The number of fused-ring (bicyclic) bond motifs is 1. The van der Waals surface area contributed by atoms with Gasteiger partial charge < -0.3 is 15.0 Å². The number of carbonyl (C=O) groups excluding carboxylic acids is 1. The molecule has 0 saturated heterocycles. The molecule has 0 bridgehead atoms. The van der Waals surface area contributed by atoms with Crippen LogP contribution in [0.3, 0.4) is 0 Å². The van der Waals surface area contributed by atoms with Crippen molar-refractivity contribution in [2.45, 2.75) is 52.7 Å². The Labute approximate surface area is 163 Å². The fourth-order valence-electron chi connectivity index (χ4n) is 3.13. The zero-order valence-electron chi connectivity index (χ0n) is 16.7. The molecular formula is C21H26N4O3. The predicted octanol–water partition coefficient (Wildman–Crippen LogP) is 3.56. The molecule has 2 N–H and O–H groups in total. The smallest absolute Gasteiger partial charge is 0.420 e. The summed E-state index contributed by atoms with van der Waals surface area (Å²) in [6.07, 6.45) is 2.92. The third kappa shape index (κ3) is 3.93. The Morgan fingerprint density at radius 2 is 1.96 bits per heavy atom. The SMILES string of the molecule is CCCc1cccc2c1nc(Cn1cccc(N)c1=O)n2C(=O)OC(C)(C)C. The Kier molecular flexibility index (Phi) is 5.27. The van der Waals surface area contributed by atoms with Crippen molar-refractivity contribution < 1.29 is 9.53 Å². The Morgan fingerprint density at radius 1 is 1.21 bits per heavy atom. The van der Waals surface area contributed by atoms with Gasteiger partial charge in [-0.2, -0.15) is 0 Å². The zero-order valence-corrected chi connectivity index (χ0v) is 16.7. The van der Waals surface area contributed by atoms with Crippen LogP contribution in [-0.4, -0.2) is 25.8 Å². The highest BCUT2D eigenvalue weighted by molar-refractivity contribution is 5.89. The summed E-state index contributed by atoms with van der Waals surface area (Å²) in [6, 6.07) is 9.01. The molecule has 1 aromatic carbocycles. The van der Waals surface area contributed by atoms with E-state index in [1.807, 2.05) is 39.0 Å². The molecule has 7 heteroatoms. The van der Waals surface area contributed by atoms with Crippen LogP contribution in [-0.2, 0) is 17.7 Å². The van der Waals surface area contributed by atoms with E-state index < -0.39 is 11.7 Å². The second kappa shape index (κ2) is 7.50. The van der Waals surface area contributed by atoms with Crippen molar-refractivity contribution >= 4 is 22.8 Å². The molecule has 7 nitrogen and oxygen atoms in total. The number of carbonyl (C=O) groups is 1. The van der Waals surface area contributed by atoms with Gasteiger partial charge in [0.15, 0.2) is 0 Å².